The molecule has 0 fully saturated rings. The van der Waals surface area contributed by atoms with Crippen LogP contribution in [0.2, 0.25) is 0 Å². The summed E-state index contributed by atoms with van der Waals surface area (Å²) in [6.07, 6.45) is 0.698. The molecule has 0 aliphatic carbocycles. The largest absolute Gasteiger partial charge is 0.482 e. The SMILES string of the molecule is O=C(COC(=O)COc1cccc(F)c1)NCCc1ccccc1. The van der Waals surface area contributed by atoms with Crippen LogP contribution in [0.15, 0.2) is 54.6 Å². The minimum Gasteiger partial charge on any atom is -0.482 e. The van der Waals surface area contributed by atoms with Gasteiger partial charge in [0.2, 0.25) is 0 Å². The molecule has 5 nitrogen and oxygen atoms in total. The van der Waals surface area contributed by atoms with Gasteiger partial charge >= 0.3 is 5.97 Å². The normalized spacial score (nSPS) is 10.0. The van der Waals surface area contributed by atoms with E-state index >= 15 is 0 Å². The van der Waals surface area contributed by atoms with Crippen molar-refractivity contribution in [3.8, 4) is 5.75 Å². The van der Waals surface area contributed by atoms with E-state index in [9.17, 15) is 14.0 Å². The fourth-order valence-corrected chi connectivity index (χ4v) is 1.93. The molecular formula is C18H18FNO4. The van der Waals surface area contributed by atoms with Crippen LogP contribution in [0.4, 0.5) is 4.39 Å². The predicted octanol–water partition coefficient (Wildman–Crippen LogP) is 2.11. The summed E-state index contributed by atoms with van der Waals surface area (Å²) in [5.74, 6) is -1.32. The molecule has 0 radical (unpaired) electrons. The molecule has 6 heteroatoms. The lowest BCUT2D eigenvalue weighted by atomic mass is 10.1. The first-order valence-corrected chi connectivity index (χ1v) is 7.48. The predicted molar refractivity (Wildman–Crippen MR) is 86.0 cm³/mol. The van der Waals surface area contributed by atoms with Crippen molar-refractivity contribution in [2.24, 2.45) is 0 Å². The molecule has 0 saturated heterocycles. The molecule has 0 aromatic heterocycles. The van der Waals surface area contributed by atoms with Gasteiger partial charge in [-0.3, -0.25) is 4.79 Å². The Balaban J connectivity index is 1.60. The van der Waals surface area contributed by atoms with E-state index in [4.69, 9.17) is 9.47 Å². The van der Waals surface area contributed by atoms with Gasteiger partial charge in [-0.25, -0.2) is 9.18 Å². The number of carbonyl (C=O) groups is 2. The van der Waals surface area contributed by atoms with Gasteiger partial charge in [-0.15, -0.1) is 0 Å². The third kappa shape index (κ3) is 6.48. The zero-order chi connectivity index (χ0) is 17.2. The Kier molecular flexibility index (Phi) is 6.76. The van der Waals surface area contributed by atoms with Crippen molar-refractivity contribution in [1.82, 2.24) is 5.32 Å². The van der Waals surface area contributed by atoms with Crippen LogP contribution in [0.3, 0.4) is 0 Å². The number of rotatable bonds is 8. The molecule has 0 bridgehead atoms. The molecule has 0 aliphatic heterocycles. The van der Waals surface area contributed by atoms with Crippen LogP contribution in [0.1, 0.15) is 5.56 Å². The summed E-state index contributed by atoms with van der Waals surface area (Å²) in [6, 6.07) is 15.1. The molecule has 126 valence electrons. The lowest BCUT2D eigenvalue weighted by Crippen LogP contribution is -2.31. The number of nitrogens with one attached hydrogen (secondary N) is 1. The molecule has 1 N–H and O–H groups in total. The van der Waals surface area contributed by atoms with Crippen LogP contribution in [0.25, 0.3) is 0 Å². The highest BCUT2D eigenvalue weighted by Gasteiger charge is 2.08. The molecule has 0 unspecified atom stereocenters. The third-order valence-electron chi connectivity index (χ3n) is 3.10. The molecular weight excluding hydrogens is 313 g/mol. The van der Waals surface area contributed by atoms with E-state index < -0.39 is 11.8 Å². The fourth-order valence-electron chi connectivity index (χ4n) is 1.93. The Bertz CT molecular complexity index is 676. The Hall–Kier alpha value is -2.89. The molecule has 0 aliphatic rings. The third-order valence-corrected chi connectivity index (χ3v) is 3.10. The van der Waals surface area contributed by atoms with Crippen molar-refractivity contribution in [2.75, 3.05) is 19.8 Å². The zero-order valence-corrected chi connectivity index (χ0v) is 13.0. The van der Waals surface area contributed by atoms with Gasteiger partial charge in [-0.05, 0) is 24.1 Å². The molecule has 2 aromatic rings. The lowest BCUT2D eigenvalue weighted by molar-refractivity contribution is -0.150. The van der Waals surface area contributed by atoms with E-state index in [1.165, 1.54) is 18.2 Å². The summed E-state index contributed by atoms with van der Waals surface area (Å²) < 4.78 is 22.8. The summed E-state index contributed by atoms with van der Waals surface area (Å²) in [5.41, 5.74) is 1.11. The number of ether oxygens (including phenoxy) is 2. The summed E-state index contributed by atoms with van der Waals surface area (Å²) >= 11 is 0. The first-order chi connectivity index (χ1) is 11.6. The topological polar surface area (TPSA) is 64.6 Å². The van der Waals surface area contributed by atoms with Gasteiger partial charge in [0.05, 0.1) is 0 Å². The zero-order valence-electron chi connectivity index (χ0n) is 13.0. The van der Waals surface area contributed by atoms with Crippen LogP contribution in [-0.4, -0.2) is 31.6 Å². The highest BCUT2D eigenvalue weighted by molar-refractivity contribution is 5.80. The maximum absolute atomic E-state index is 12.9. The van der Waals surface area contributed by atoms with Crippen LogP contribution in [0.5, 0.6) is 5.75 Å². The summed E-state index contributed by atoms with van der Waals surface area (Å²) in [5, 5.41) is 2.66. The van der Waals surface area contributed by atoms with Gasteiger partial charge < -0.3 is 14.8 Å². The first kappa shape index (κ1) is 17.5. The number of carbonyl (C=O) groups excluding carboxylic acids is 2. The van der Waals surface area contributed by atoms with Crippen LogP contribution < -0.4 is 10.1 Å². The average Bonchev–Trinajstić information content (AvgIpc) is 2.59. The molecule has 24 heavy (non-hydrogen) atoms. The quantitative estimate of drug-likeness (QED) is 0.753. The first-order valence-electron chi connectivity index (χ1n) is 7.48. The van der Waals surface area contributed by atoms with Crippen molar-refractivity contribution in [2.45, 2.75) is 6.42 Å². The second-order valence-electron chi connectivity index (χ2n) is 4.99. The summed E-state index contributed by atoms with van der Waals surface area (Å²) in [7, 11) is 0. The van der Waals surface area contributed by atoms with E-state index in [0.717, 1.165) is 11.6 Å². The van der Waals surface area contributed by atoms with Crippen LogP contribution in [0, 0.1) is 5.82 Å². The van der Waals surface area contributed by atoms with Gasteiger partial charge in [-0.2, -0.15) is 0 Å². The Morgan fingerprint density at radius 1 is 1.00 bits per heavy atom. The standard InChI is InChI=1S/C18H18FNO4/c19-15-7-4-8-16(11-15)23-13-18(22)24-12-17(21)20-10-9-14-5-2-1-3-6-14/h1-8,11H,9-10,12-13H2,(H,20,21). The number of benzene rings is 2. The van der Waals surface area contributed by atoms with Crippen LogP contribution in [-0.2, 0) is 20.7 Å². The minimum atomic E-state index is -0.697. The smallest absolute Gasteiger partial charge is 0.344 e. The van der Waals surface area contributed by atoms with Crippen molar-refractivity contribution in [3.63, 3.8) is 0 Å². The number of hydrogen-bond acceptors (Lipinski definition) is 4. The monoisotopic (exact) mass is 331 g/mol. The average molecular weight is 331 g/mol. The van der Waals surface area contributed by atoms with Crippen molar-refractivity contribution in [1.29, 1.82) is 0 Å². The Morgan fingerprint density at radius 2 is 1.79 bits per heavy atom. The highest BCUT2D eigenvalue weighted by Crippen LogP contribution is 2.11. The van der Waals surface area contributed by atoms with Gasteiger partial charge in [0.1, 0.15) is 11.6 Å². The highest BCUT2D eigenvalue weighted by atomic mass is 19.1. The van der Waals surface area contributed by atoms with E-state index in [-0.39, 0.29) is 24.9 Å². The van der Waals surface area contributed by atoms with E-state index in [1.54, 1.807) is 0 Å². The lowest BCUT2D eigenvalue weighted by Gasteiger charge is -2.08. The maximum atomic E-state index is 12.9. The minimum absolute atomic E-state index is 0.222. The van der Waals surface area contributed by atoms with Crippen molar-refractivity contribution < 1.29 is 23.5 Å². The Morgan fingerprint density at radius 3 is 2.54 bits per heavy atom. The van der Waals surface area contributed by atoms with Crippen molar-refractivity contribution >= 4 is 11.9 Å². The Labute approximate surface area is 139 Å². The summed E-state index contributed by atoms with van der Waals surface area (Å²) in [4.78, 5) is 23.1. The second-order valence-corrected chi connectivity index (χ2v) is 4.99. The summed E-state index contributed by atoms with van der Waals surface area (Å²) in [6.45, 7) is -0.304. The van der Waals surface area contributed by atoms with Crippen molar-refractivity contribution in [3.05, 3.63) is 66.0 Å². The van der Waals surface area contributed by atoms with E-state index in [0.29, 0.717) is 13.0 Å². The maximum Gasteiger partial charge on any atom is 0.344 e. The number of esters is 1. The molecule has 0 atom stereocenters. The molecule has 0 heterocycles. The molecule has 0 saturated carbocycles. The molecule has 1 amide bonds. The van der Waals surface area contributed by atoms with Crippen LogP contribution >= 0.6 is 0 Å². The molecule has 2 aromatic carbocycles. The fraction of sp³-hybridized carbons (Fsp3) is 0.222. The molecule has 2 rings (SSSR count). The van der Waals surface area contributed by atoms with Gasteiger partial charge in [0, 0.05) is 12.6 Å². The number of halogens is 1. The molecule has 0 spiro atoms. The number of hydrogen-bond donors (Lipinski definition) is 1. The van der Waals surface area contributed by atoms with E-state index in [2.05, 4.69) is 5.32 Å². The number of amides is 1. The van der Waals surface area contributed by atoms with E-state index in [1.807, 2.05) is 30.3 Å². The van der Waals surface area contributed by atoms with Gasteiger partial charge in [0.25, 0.3) is 5.91 Å². The second kappa shape index (κ2) is 9.29. The van der Waals surface area contributed by atoms with Gasteiger partial charge in [-0.1, -0.05) is 36.4 Å². The van der Waals surface area contributed by atoms with Gasteiger partial charge in [0.15, 0.2) is 13.2 Å².